The van der Waals surface area contributed by atoms with Gasteiger partial charge in [-0.3, -0.25) is 19.2 Å². The molecule has 53 heavy (non-hydrogen) atoms. The maximum Gasteiger partial charge on any atom is 0.298 e. The van der Waals surface area contributed by atoms with Gasteiger partial charge < -0.3 is 24.8 Å². The van der Waals surface area contributed by atoms with Crippen molar-refractivity contribution in [2.45, 2.75) is 93.2 Å². The van der Waals surface area contributed by atoms with Crippen LogP contribution in [0.1, 0.15) is 96.5 Å². The molecule has 0 heterocycles. The summed E-state index contributed by atoms with van der Waals surface area (Å²) in [5, 5.41) is 6.08. The van der Waals surface area contributed by atoms with Crippen LogP contribution in [0.4, 0.5) is 22.0 Å². The predicted molar refractivity (Wildman–Crippen MR) is 190 cm³/mol. The van der Waals surface area contributed by atoms with Crippen LogP contribution in [0.15, 0.2) is 36.4 Å². The van der Waals surface area contributed by atoms with E-state index in [0.29, 0.717) is 38.3 Å². The molecule has 2 aromatic rings. The molecule has 2 atom stereocenters. The second-order valence-corrected chi connectivity index (χ2v) is 13.9. The highest BCUT2D eigenvalue weighted by atomic mass is 19.2. The lowest BCUT2D eigenvalue weighted by atomic mass is 9.89. The molecule has 0 aliphatic heterocycles. The molecule has 296 valence electrons. The number of benzene rings is 2. The third-order valence-corrected chi connectivity index (χ3v) is 8.06. The molecule has 14 heteroatoms. The minimum Gasteiger partial charge on any atom is -0.422 e. The average molecular weight is 757 g/mol. The van der Waals surface area contributed by atoms with Crippen molar-refractivity contribution in [1.29, 1.82) is 0 Å². The first-order chi connectivity index (χ1) is 24.9. The van der Waals surface area contributed by atoms with E-state index in [1.807, 2.05) is 39.8 Å². The number of ketones is 1. The fraction of sp³-hybridized carbons (Fsp3) is 0.538. The lowest BCUT2D eigenvalue weighted by Crippen LogP contribution is -2.40. The van der Waals surface area contributed by atoms with Crippen molar-refractivity contribution >= 4 is 24.1 Å². The largest absolute Gasteiger partial charge is 0.422 e. The van der Waals surface area contributed by atoms with Gasteiger partial charge in [0.15, 0.2) is 5.78 Å². The van der Waals surface area contributed by atoms with Crippen LogP contribution in [-0.4, -0.2) is 57.0 Å². The van der Waals surface area contributed by atoms with E-state index in [2.05, 4.69) is 41.4 Å². The molecule has 2 amide bonds. The molecule has 0 saturated carbocycles. The second-order valence-electron chi connectivity index (χ2n) is 13.9. The molecular weight excluding hydrogens is 703 g/mol. The number of rotatable bonds is 15. The van der Waals surface area contributed by atoms with Crippen LogP contribution in [0, 0.1) is 45.8 Å². The van der Waals surface area contributed by atoms with Gasteiger partial charge >= 0.3 is 0 Å². The Kier molecular flexibility index (Phi) is 20.2. The van der Waals surface area contributed by atoms with Gasteiger partial charge in [0.1, 0.15) is 0 Å². The summed E-state index contributed by atoms with van der Waals surface area (Å²) in [5.41, 5.74) is 1.06. The molecule has 1 aliphatic rings. The molecule has 0 bridgehead atoms. The Bertz CT molecular complexity index is 1500. The minimum atomic E-state index is -2.31. The zero-order chi connectivity index (χ0) is 40.4. The summed E-state index contributed by atoms with van der Waals surface area (Å²) in [6, 6.07) is 7.27. The van der Waals surface area contributed by atoms with Crippen molar-refractivity contribution in [3.05, 3.63) is 76.6 Å². The zero-order valence-electron chi connectivity index (χ0n) is 31.8. The van der Waals surface area contributed by atoms with Crippen molar-refractivity contribution < 1.29 is 55.3 Å². The van der Waals surface area contributed by atoms with Crippen molar-refractivity contribution in [1.82, 2.24) is 10.6 Å². The van der Waals surface area contributed by atoms with E-state index in [1.165, 1.54) is 6.92 Å². The number of carbonyl (C=O) groups is 4. The molecule has 2 unspecified atom stereocenters. The Balaban J connectivity index is 0.000000730. The zero-order valence-corrected chi connectivity index (χ0v) is 31.8. The quantitative estimate of drug-likeness (QED) is 0.0476. The maximum atomic E-state index is 12.8. The normalized spacial score (nSPS) is 16.3. The Morgan fingerprint density at radius 1 is 0.830 bits per heavy atom. The first-order valence-corrected chi connectivity index (χ1v) is 17.4. The molecule has 0 spiro atoms. The molecule has 3 rings (SSSR count). The molecule has 0 saturated heterocycles. The van der Waals surface area contributed by atoms with Gasteiger partial charge in [-0.15, -0.1) is 0 Å². The van der Waals surface area contributed by atoms with Crippen LogP contribution in [0.2, 0.25) is 0 Å². The average Bonchev–Trinajstić information content (AvgIpc) is 3.11. The summed E-state index contributed by atoms with van der Waals surface area (Å²) in [7, 11) is 1.71. The molecule has 0 fully saturated rings. The van der Waals surface area contributed by atoms with Gasteiger partial charge in [-0.25, -0.2) is 13.2 Å². The number of amides is 2. The van der Waals surface area contributed by atoms with Gasteiger partial charge in [0.25, 0.3) is 6.47 Å². The van der Waals surface area contributed by atoms with E-state index in [0.717, 1.165) is 31.2 Å². The topological polar surface area (TPSA) is 120 Å². The number of ether oxygens (including phenoxy) is 3. The summed E-state index contributed by atoms with van der Waals surface area (Å²) in [6.45, 7) is 15.2. The van der Waals surface area contributed by atoms with Crippen LogP contribution < -0.4 is 15.4 Å². The van der Waals surface area contributed by atoms with Gasteiger partial charge in [-0.05, 0) is 43.6 Å². The summed E-state index contributed by atoms with van der Waals surface area (Å²) in [4.78, 5) is 46.4. The van der Waals surface area contributed by atoms with Crippen LogP contribution in [0.5, 0.6) is 5.75 Å². The standard InChI is InChI=1S/C30H46N2O5.C7HF5O2.C2H6/c1-22(33)24-13-11-23(12-14-24)18-31-27(34)17-29(2,3)20-37-21-30(4,5)19-32-28(35)25-9-7-8-10-26(36-6)16-15-25;8-2-3(9)5(11)7(14-1-13)6(12)4(2)10;1-2/h8,10-14,25-26H,7,9,15-21H2,1-6H3,(H,31,34)(H,32,35);1H;1-2H3/b10-8+;;. The Labute approximate surface area is 309 Å². The molecule has 0 radical (unpaired) electrons. The molecule has 9 nitrogen and oxygen atoms in total. The first kappa shape index (κ1) is 46.9. The van der Waals surface area contributed by atoms with Gasteiger partial charge in [0, 0.05) is 43.5 Å². The second kappa shape index (κ2) is 22.8. The fourth-order valence-electron chi connectivity index (χ4n) is 5.08. The van der Waals surface area contributed by atoms with Crippen molar-refractivity contribution in [2.75, 3.05) is 26.9 Å². The van der Waals surface area contributed by atoms with Crippen LogP contribution >= 0.6 is 0 Å². The molecule has 1 aliphatic carbocycles. The number of halogens is 5. The van der Waals surface area contributed by atoms with Crippen molar-refractivity contribution in [3.63, 3.8) is 0 Å². The van der Waals surface area contributed by atoms with E-state index in [9.17, 15) is 41.1 Å². The Morgan fingerprint density at radius 2 is 1.40 bits per heavy atom. The van der Waals surface area contributed by atoms with E-state index in [-0.39, 0.29) is 40.4 Å². The number of nitrogens with one attached hydrogen (secondary N) is 2. The van der Waals surface area contributed by atoms with E-state index in [1.54, 1.807) is 19.2 Å². The summed E-state index contributed by atoms with van der Waals surface area (Å²) >= 11 is 0. The molecular formula is C39H53F5N2O7. The molecule has 2 aromatic carbocycles. The number of methoxy groups -OCH3 is 1. The van der Waals surface area contributed by atoms with Gasteiger partial charge in [0.05, 0.1) is 19.3 Å². The van der Waals surface area contributed by atoms with Crippen LogP contribution in [-0.2, 0) is 30.4 Å². The van der Waals surface area contributed by atoms with Crippen molar-refractivity contribution in [3.8, 4) is 5.75 Å². The highest BCUT2D eigenvalue weighted by molar-refractivity contribution is 5.94. The third-order valence-electron chi connectivity index (χ3n) is 8.06. The SMILES string of the molecule is CC.COC1/C=C/CCC(C(=O)NCC(C)(C)COCC(C)(C)CC(=O)NCc2ccc(C(C)=O)cc2)CC1.O=COc1c(F)c(F)c(F)c(F)c1F. The fourth-order valence-corrected chi connectivity index (χ4v) is 5.08. The number of allylic oxidation sites excluding steroid dienone is 1. The monoisotopic (exact) mass is 756 g/mol. The van der Waals surface area contributed by atoms with E-state index >= 15 is 0 Å². The predicted octanol–water partition coefficient (Wildman–Crippen LogP) is 7.79. The molecule has 2 N–H and O–H groups in total. The number of Topliss-reactive ketones (excluding diaryl/α,β-unsaturated/α-hetero) is 1. The number of carbonyl (C=O) groups excluding carboxylic acids is 4. The lowest BCUT2D eigenvalue weighted by molar-refractivity contribution is -0.127. The highest BCUT2D eigenvalue weighted by Crippen LogP contribution is 2.29. The Hall–Kier alpha value is -4.17. The number of hydrogen-bond donors (Lipinski definition) is 2. The van der Waals surface area contributed by atoms with E-state index in [4.69, 9.17) is 9.47 Å². The van der Waals surface area contributed by atoms with Crippen LogP contribution in [0.3, 0.4) is 0 Å². The van der Waals surface area contributed by atoms with Gasteiger partial charge in [-0.2, -0.15) is 8.78 Å². The maximum absolute atomic E-state index is 12.8. The summed E-state index contributed by atoms with van der Waals surface area (Å²) in [5.74, 6) is -12.5. The van der Waals surface area contributed by atoms with Gasteiger partial charge in [-0.1, -0.05) is 78.0 Å². The van der Waals surface area contributed by atoms with Gasteiger partial charge in [0.2, 0.25) is 46.6 Å². The lowest BCUT2D eigenvalue weighted by Gasteiger charge is -2.30. The first-order valence-electron chi connectivity index (χ1n) is 17.4. The summed E-state index contributed by atoms with van der Waals surface area (Å²) in [6.07, 6.45) is 8.06. The van der Waals surface area contributed by atoms with E-state index < -0.39 is 41.3 Å². The van der Waals surface area contributed by atoms with Crippen molar-refractivity contribution in [2.24, 2.45) is 16.7 Å². The highest BCUT2D eigenvalue weighted by Gasteiger charge is 2.28. The molecule has 0 aromatic heterocycles. The minimum absolute atomic E-state index is 0.00355. The Morgan fingerprint density at radius 3 is 1.94 bits per heavy atom. The summed E-state index contributed by atoms with van der Waals surface area (Å²) < 4.78 is 77.3. The van der Waals surface area contributed by atoms with Crippen LogP contribution in [0.25, 0.3) is 0 Å². The third kappa shape index (κ3) is 16.2. The number of hydrogen-bond acceptors (Lipinski definition) is 7. The smallest absolute Gasteiger partial charge is 0.298 e.